The van der Waals surface area contributed by atoms with E-state index in [4.69, 9.17) is 0 Å². The second-order valence-electron chi connectivity index (χ2n) is 8.32. The SMILES string of the molecule is CCCN(CC)c1ccc(C2(c3ccsc3)CC(O)=C(Sc3ccccc3C)C(=O)N2)cc1. The molecule has 1 aliphatic heterocycles. The van der Waals surface area contributed by atoms with Crippen LogP contribution >= 0.6 is 23.1 Å². The number of anilines is 1. The van der Waals surface area contributed by atoms with Crippen LogP contribution in [0.25, 0.3) is 0 Å². The predicted molar refractivity (Wildman–Crippen MR) is 139 cm³/mol. The van der Waals surface area contributed by atoms with Crippen molar-refractivity contribution in [2.75, 3.05) is 18.0 Å². The minimum absolute atomic E-state index is 0.128. The maximum absolute atomic E-state index is 13.4. The number of aliphatic hydroxyl groups is 1. The van der Waals surface area contributed by atoms with Gasteiger partial charge in [0, 0.05) is 30.1 Å². The number of hydrogen-bond donors (Lipinski definition) is 2. The molecule has 172 valence electrons. The summed E-state index contributed by atoms with van der Waals surface area (Å²) in [7, 11) is 0. The lowest BCUT2D eigenvalue weighted by atomic mass is 9.79. The van der Waals surface area contributed by atoms with Gasteiger partial charge >= 0.3 is 0 Å². The molecule has 0 spiro atoms. The summed E-state index contributed by atoms with van der Waals surface area (Å²) in [6.45, 7) is 8.31. The molecule has 2 N–H and O–H groups in total. The van der Waals surface area contributed by atoms with Crippen LogP contribution < -0.4 is 10.2 Å². The summed E-state index contributed by atoms with van der Waals surface area (Å²) in [5.74, 6) is -0.119. The van der Waals surface area contributed by atoms with Gasteiger partial charge in [-0.3, -0.25) is 4.79 Å². The van der Waals surface area contributed by atoms with Gasteiger partial charge in [0.25, 0.3) is 5.91 Å². The molecule has 0 radical (unpaired) electrons. The third-order valence-corrected chi connectivity index (χ3v) is 8.13. The maximum atomic E-state index is 13.4. The quantitative estimate of drug-likeness (QED) is 0.382. The van der Waals surface area contributed by atoms with Crippen LogP contribution in [-0.2, 0) is 10.3 Å². The van der Waals surface area contributed by atoms with Crippen LogP contribution in [0.4, 0.5) is 5.69 Å². The first-order chi connectivity index (χ1) is 16.0. The van der Waals surface area contributed by atoms with E-state index < -0.39 is 5.54 Å². The molecule has 0 bridgehead atoms. The Balaban J connectivity index is 1.71. The number of thioether (sulfide) groups is 1. The van der Waals surface area contributed by atoms with E-state index in [1.54, 1.807) is 11.3 Å². The molecule has 0 saturated carbocycles. The maximum Gasteiger partial charge on any atom is 0.262 e. The van der Waals surface area contributed by atoms with Crippen LogP contribution in [0.2, 0.25) is 0 Å². The molecule has 2 aromatic carbocycles. The highest BCUT2D eigenvalue weighted by Gasteiger charge is 2.43. The average Bonchev–Trinajstić information content (AvgIpc) is 3.37. The lowest BCUT2D eigenvalue weighted by molar-refractivity contribution is -0.119. The third-order valence-electron chi connectivity index (χ3n) is 6.15. The van der Waals surface area contributed by atoms with Gasteiger partial charge in [-0.05, 0) is 72.0 Å². The second kappa shape index (κ2) is 10.1. The van der Waals surface area contributed by atoms with Crippen molar-refractivity contribution < 1.29 is 9.90 Å². The highest BCUT2D eigenvalue weighted by Crippen LogP contribution is 2.43. The fourth-order valence-electron chi connectivity index (χ4n) is 4.36. The molecule has 1 aliphatic rings. The van der Waals surface area contributed by atoms with E-state index >= 15 is 0 Å². The van der Waals surface area contributed by atoms with E-state index in [2.05, 4.69) is 53.7 Å². The van der Waals surface area contributed by atoms with Gasteiger partial charge in [0.05, 0.1) is 5.54 Å². The molecule has 4 rings (SSSR count). The van der Waals surface area contributed by atoms with Gasteiger partial charge in [-0.15, -0.1) is 0 Å². The number of aryl methyl sites for hydroxylation is 1. The molecule has 1 unspecified atom stereocenters. The van der Waals surface area contributed by atoms with Crippen molar-refractivity contribution in [3.05, 3.63) is 92.7 Å². The number of nitrogens with zero attached hydrogens (tertiary/aromatic N) is 1. The van der Waals surface area contributed by atoms with Crippen molar-refractivity contribution in [2.24, 2.45) is 0 Å². The third kappa shape index (κ3) is 4.68. The van der Waals surface area contributed by atoms with Crippen LogP contribution in [0.3, 0.4) is 0 Å². The number of hydrogen-bond acceptors (Lipinski definition) is 5. The lowest BCUT2D eigenvalue weighted by Crippen LogP contribution is -2.50. The zero-order valence-electron chi connectivity index (χ0n) is 19.3. The molecule has 1 aromatic heterocycles. The Labute approximate surface area is 204 Å². The zero-order valence-corrected chi connectivity index (χ0v) is 20.9. The summed E-state index contributed by atoms with van der Waals surface area (Å²) in [6.07, 6.45) is 1.40. The number of amides is 1. The Morgan fingerprint density at radius 2 is 1.85 bits per heavy atom. The van der Waals surface area contributed by atoms with Gasteiger partial charge in [0.15, 0.2) is 0 Å². The Bertz CT molecular complexity index is 1140. The van der Waals surface area contributed by atoms with Crippen LogP contribution in [0.15, 0.2) is 80.9 Å². The second-order valence-corrected chi connectivity index (χ2v) is 10.2. The summed E-state index contributed by atoms with van der Waals surface area (Å²) in [5, 5.41) is 18.5. The molecular weight excluding hydrogens is 448 g/mol. The highest BCUT2D eigenvalue weighted by atomic mass is 32.2. The van der Waals surface area contributed by atoms with Crippen molar-refractivity contribution >= 4 is 34.7 Å². The largest absolute Gasteiger partial charge is 0.511 e. The van der Waals surface area contributed by atoms with Crippen molar-refractivity contribution in [3.63, 3.8) is 0 Å². The number of benzene rings is 2. The normalized spacial score (nSPS) is 18.3. The fraction of sp³-hybridized carbons (Fsp3) is 0.296. The number of carbonyl (C=O) groups is 1. The first-order valence-corrected chi connectivity index (χ1v) is 13.1. The molecule has 1 atom stereocenters. The minimum atomic E-state index is -0.794. The van der Waals surface area contributed by atoms with Crippen LogP contribution in [0.5, 0.6) is 0 Å². The topological polar surface area (TPSA) is 52.6 Å². The zero-order chi connectivity index (χ0) is 23.4. The summed E-state index contributed by atoms with van der Waals surface area (Å²) in [4.78, 5) is 17.0. The Kier molecular flexibility index (Phi) is 7.15. The Morgan fingerprint density at radius 3 is 2.45 bits per heavy atom. The molecule has 2 heterocycles. The van der Waals surface area contributed by atoms with Crippen LogP contribution in [0, 0.1) is 6.92 Å². The Morgan fingerprint density at radius 1 is 1.09 bits per heavy atom. The summed E-state index contributed by atoms with van der Waals surface area (Å²) >= 11 is 2.92. The molecular formula is C27H30N2O2S2. The van der Waals surface area contributed by atoms with Crippen molar-refractivity contribution in [3.8, 4) is 0 Å². The van der Waals surface area contributed by atoms with Crippen LogP contribution in [0.1, 0.15) is 43.4 Å². The summed E-state index contributed by atoms with van der Waals surface area (Å²) in [6, 6.07) is 18.3. The lowest BCUT2D eigenvalue weighted by Gasteiger charge is -2.39. The number of carbonyl (C=O) groups excluding carboxylic acids is 1. The monoisotopic (exact) mass is 478 g/mol. The number of rotatable bonds is 8. The van der Waals surface area contributed by atoms with Gasteiger partial charge in [-0.1, -0.05) is 49.0 Å². The van der Waals surface area contributed by atoms with E-state index in [9.17, 15) is 9.90 Å². The molecule has 0 saturated heterocycles. The van der Waals surface area contributed by atoms with E-state index in [0.717, 1.165) is 41.1 Å². The van der Waals surface area contributed by atoms with Crippen molar-refractivity contribution in [1.82, 2.24) is 5.32 Å². The minimum Gasteiger partial charge on any atom is -0.511 e. The van der Waals surface area contributed by atoms with Gasteiger partial charge in [-0.25, -0.2) is 0 Å². The van der Waals surface area contributed by atoms with E-state index in [1.807, 2.05) is 42.6 Å². The number of thiophene rings is 1. The van der Waals surface area contributed by atoms with Gasteiger partial charge in [-0.2, -0.15) is 11.3 Å². The summed E-state index contributed by atoms with van der Waals surface area (Å²) in [5.41, 5.74) is 3.41. The van der Waals surface area contributed by atoms with E-state index in [1.165, 1.54) is 17.4 Å². The van der Waals surface area contributed by atoms with Gasteiger partial charge in [0.1, 0.15) is 10.7 Å². The van der Waals surface area contributed by atoms with Crippen molar-refractivity contribution in [1.29, 1.82) is 0 Å². The smallest absolute Gasteiger partial charge is 0.262 e. The average molecular weight is 479 g/mol. The molecule has 33 heavy (non-hydrogen) atoms. The molecule has 3 aromatic rings. The fourth-order valence-corrected chi connectivity index (χ4v) is 6.02. The van der Waals surface area contributed by atoms with Crippen LogP contribution in [-0.4, -0.2) is 24.1 Å². The van der Waals surface area contributed by atoms with Gasteiger partial charge < -0.3 is 15.3 Å². The standard InChI is InChI=1S/C27H30N2O2S2/c1-4-15-29(5-2)22-12-10-20(11-13-22)27(21-14-16-32-18-21)17-23(30)25(26(31)28-27)33-24-9-7-6-8-19(24)3/h6-14,16,18,30H,4-5,15,17H2,1-3H3,(H,28,31). The predicted octanol–water partition coefficient (Wildman–Crippen LogP) is 6.62. The molecule has 0 fully saturated rings. The number of aliphatic hydroxyl groups excluding tert-OH is 1. The highest BCUT2D eigenvalue weighted by molar-refractivity contribution is 8.04. The number of nitrogens with one attached hydrogen (secondary N) is 1. The molecule has 1 amide bonds. The first kappa shape index (κ1) is 23.5. The molecule has 4 nitrogen and oxygen atoms in total. The summed E-state index contributed by atoms with van der Waals surface area (Å²) < 4.78 is 0. The van der Waals surface area contributed by atoms with Gasteiger partial charge in [0.2, 0.25) is 0 Å². The van der Waals surface area contributed by atoms with Crippen molar-refractivity contribution in [2.45, 2.75) is 44.0 Å². The molecule has 0 aliphatic carbocycles. The Hall–Kier alpha value is -2.70. The van der Waals surface area contributed by atoms with E-state index in [0.29, 0.717) is 11.3 Å². The van der Waals surface area contributed by atoms with E-state index in [-0.39, 0.29) is 11.7 Å². The molecule has 6 heteroatoms. The first-order valence-electron chi connectivity index (χ1n) is 11.3.